The van der Waals surface area contributed by atoms with E-state index in [0.29, 0.717) is 18.2 Å². The third-order valence-corrected chi connectivity index (χ3v) is 4.33. The zero-order valence-corrected chi connectivity index (χ0v) is 13.4. The Labute approximate surface area is 129 Å². The summed E-state index contributed by atoms with van der Waals surface area (Å²) in [5, 5.41) is 6.51. The van der Waals surface area contributed by atoms with Crippen LogP contribution in [0.1, 0.15) is 48.9 Å². The van der Waals surface area contributed by atoms with Crippen LogP contribution in [0.15, 0.2) is 28.7 Å². The maximum absolute atomic E-state index is 11.9. The molecular weight excluding hydrogens is 316 g/mol. The van der Waals surface area contributed by atoms with Gasteiger partial charge in [0.15, 0.2) is 0 Å². The molecule has 2 rings (SSSR count). The van der Waals surface area contributed by atoms with Crippen LogP contribution in [0, 0.1) is 0 Å². The Bertz CT molecular complexity index is 411. The Hall–Kier alpha value is -0.870. The minimum Gasteiger partial charge on any atom is -0.351 e. The topological polar surface area (TPSA) is 41.1 Å². The van der Waals surface area contributed by atoms with Crippen LogP contribution in [0.4, 0.5) is 0 Å². The molecule has 2 N–H and O–H groups in total. The minimum atomic E-state index is 0.000154. The van der Waals surface area contributed by atoms with Crippen LogP contribution in [0.3, 0.4) is 0 Å². The molecule has 0 atom stereocenters. The van der Waals surface area contributed by atoms with Crippen LogP contribution in [0.25, 0.3) is 0 Å². The molecule has 1 aliphatic rings. The van der Waals surface area contributed by atoms with E-state index in [0.717, 1.165) is 11.0 Å². The summed E-state index contributed by atoms with van der Waals surface area (Å²) in [7, 11) is 0. The minimum absolute atomic E-state index is 0.000154. The fraction of sp³-hybridized carbons (Fsp3) is 0.562. The summed E-state index contributed by atoms with van der Waals surface area (Å²) < 4.78 is 0.990. The zero-order valence-electron chi connectivity index (χ0n) is 11.8. The molecule has 1 aromatic carbocycles. The van der Waals surface area contributed by atoms with Crippen molar-refractivity contribution in [2.24, 2.45) is 0 Å². The normalized spacial score (nSPS) is 16.6. The molecule has 0 heterocycles. The lowest BCUT2D eigenvalue weighted by molar-refractivity contribution is 0.0953. The third-order valence-electron chi connectivity index (χ3n) is 3.81. The van der Waals surface area contributed by atoms with E-state index in [2.05, 4.69) is 26.6 Å². The molecule has 0 saturated heterocycles. The second-order valence-corrected chi connectivity index (χ2v) is 6.32. The van der Waals surface area contributed by atoms with E-state index in [-0.39, 0.29) is 5.91 Å². The monoisotopic (exact) mass is 338 g/mol. The van der Waals surface area contributed by atoms with E-state index in [4.69, 9.17) is 0 Å². The average molecular weight is 339 g/mol. The number of rotatable bonds is 5. The largest absolute Gasteiger partial charge is 0.351 e. The molecule has 4 heteroatoms. The predicted octanol–water partition coefficient (Wildman–Crippen LogP) is 3.49. The standard InChI is InChI=1S/C16H23BrN2O/c17-14-9-7-13(8-10-14)16(20)19-12-11-18-15-5-3-1-2-4-6-15/h7-10,15,18H,1-6,11-12H2,(H,19,20). The molecule has 0 radical (unpaired) electrons. The molecule has 1 saturated carbocycles. The first kappa shape index (κ1) is 15.5. The van der Waals surface area contributed by atoms with Crippen LogP contribution in [0.2, 0.25) is 0 Å². The van der Waals surface area contributed by atoms with Gasteiger partial charge in [-0.15, -0.1) is 0 Å². The number of hydrogen-bond donors (Lipinski definition) is 2. The second-order valence-electron chi connectivity index (χ2n) is 5.41. The maximum atomic E-state index is 11.9. The summed E-state index contributed by atoms with van der Waals surface area (Å²) in [4.78, 5) is 11.9. The fourth-order valence-electron chi connectivity index (χ4n) is 2.64. The van der Waals surface area contributed by atoms with Crippen LogP contribution >= 0.6 is 15.9 Å². The van der Waals surface area contributed by atoms with Crippen LogP contribution in [0.5, 0.6) is 0 Å². The average Bonchev–Trinajstić information content (AvgIpc) is 2.73. The number of amides is 1. The molecule has 0 aromatic heterocycles. The SMILES string of the molecule is O=C(NCCNC1CCCCCC1)c1ccc(Br)cc1. The predicted molar refractivity (Wildman–Crippen MR) is 86.0 cm³/mol. The molecular formula is C16H23BrN2O. The summed E-state index contributed by atoms with van der Waals surface area (Å²) in [5.74, 6) is 0.000154. The van der Waals surface area contributed by atoms with Crippen molar-refractivity contribution < 1.29 is 4.79 Å². The van der Waals surface area contributed by atoms with Gasteiger partial charge in [0.2, 0.25) is 0 Å². The smallest absolute Gasteiger partial charge is 0.251 e. The molecule has 0 aliphatic heterocycles. The van der Waals surface area contributed by atoms with Gasteiger partial charge in [-0.25, -0.2) is 0 Å². The van der Waals surface area contributed by atoms with Crippen molar-refractivity contribution in [3.63, 3.8) is 0 Å². The summed E-state index contributed by atoms with van der Waals surface area (Å²) in [5.41, 5.74) is 0.711. The zero-order chi connectivity index (χ0) is 14.2. The number of halogens is 1. The van der Waals surface area contributed by atoms with E-state index in [1.165, 1.54) is 38.5 Å². The fourth-order valence-corrected chi connectivity index (χ4v) is 2.90. The number of nitrogens with one attached hydrogen (secondary N) is 2. The Morgan fingerprint density at radius 1 is 1.05 bits per heavy atom. The van der Waals surface area contributed by atoms with Gasteiger partial charge in [0.1, 0.15) is 0 Å². The lowest BCUT2D eigenvalue weighted by Crippen LogP contribution is -2.36. The quantitative estimate of drug-likeness (QED) is 0.637. The Morgan fingerprint density at radius 3 is 2.35 bits per heavy atom. The summed E-state index contributed by atoms with van der Waals surface area (Å²) in [6, 6.07) is 8.08. The van der Waals surface area contributed by atoms with Crippen molar-refractivity contribution in [1.82, 2.24) is 10.6 Å². The lowest BCUT2D eigenvalue weighted by Gasteiger charge is -2.16. The van der Waals surface area contributed by atoms with Crippen molar-refractivity contribution in [2.45, 2.75) is 44.6 Å². The molecule has 0 spiro atoms. The highest BCUT2D eigenvalue weighted by atomic mass is 79.9. The molecule has 1 aromatic rings. The molecule has 3 nitrogen and oxygen atoms in total. The first-order chi connectivity index (χ1) is 9.75. The van der Waals surface area contributed by atoms with E-state index in [1.54, 1.807) is 0 Å². The van der Waals surface area contributed by atoms with E-state index >= 15 is 0 Å². The number of carbonyl (C=O) groups is 1. The van der Waals surface area contributed by atoms with Gasteiger partial charge in [0, 0.05) is 29.2 Å². The van der Waals surface area contributed by atoms with E-state index in [9.17, 15) is 4.79 Å². The van der Waals surface area contributed by atoms with Crippen molar-refractivity contribution in [3.8, 4) is 0 Å². The van der Waals surface area contributed by atoms with Crippen molar-refractivity contribution >= 4 is 21.8 Å². The van der Waals surface area contributed by atoms with Crippen molar-refractivity contribution in [1.29, 1.82) is 0 Å². The van der Waals surface area contributed by atoms with Crippen LogP contribution in [-0.4, -0.2) is 25.0 Å². The van der Waals surface area contributed by atoms with Gasteiger partial charge in [-0.3, -0.25) is 4.79 Å². The van der Waals surface area contributed by atoms with Crippen LogP contribution in [-0.2, 0) is 0 Å². The lowest BCUT2D eigenvalue weighted by atomic mass is 10.1. The van der Waals surface area contributed by atoms with E-state index < -0.39 is 0 Å². The summed E-state index contributed by atoms with van der Waals surface area (Å²) in [6.07, 6.45) is 7.98. The highest BCUT2D eigenvalue weighted by Crippen LogP contribution is 2.16. The van der Waals surface area contributed by atoms with Gasteiger partial charge in [0.25, 0.3) is 5.91 Å². The van der Waals surface area contributed by atoms with Gasteiger partial charge in [0.05, 0.1) is 0 Å². The molecule has 0 unspecified atom stereocenters. The number of carbonyl (C=O) groups excluding carboxylic acids is 1. The molecule has 0 bridgehead atoms. The van der Waals surface area contributed by atoms with Crippen LogP contribution < -0.4 is 10.6 Å². The van der Waals surface area contributed by atoms with E-state index in [1.807, 2.05) is 24.3 Å². The highest BCUT2D eigenvalue weighted by Gasteiger charge is 2.11. The van der Waals surface area contributed by atoms with Gasteiger partial charge in [-0.1, -0.05) is 41.6 Å². The third kappa shape index (κ3) is 5.25. The molecule has 1 aliphatic carbocycles. The Kier molecular flexibility index (Phi) is 6.54. The summed E-state index contributed by atoms with van der Waals surface area (Å²) in [6.45, 7) is 1.54. The molecule has 1 amide bonds. The number of hydrogen-bond acceptors (Lipinski definition) is 2. The van der Waals surface area contributed by atoms with Crippen molar-refractivity contribution in [2.75, 3.05) is 13.1 Å². The second kappa shape index (κ2) is 8.42. The van der Waals surface area contributed by atoms with Gasteiger partial charge in [-0.2, -0.15) is 0 Å². The molecule has 20 heavy (non-hydrogen) atoms. The van der Waals surface area contributed by atoms with Gasteiger partial charge in [-0.05, 0) is 37.1 Å². The summed E-state index contributed by atoms with van der Waals surface area (Å²) >= 11 is 3.37. The number of benzene rings is 1. The highest BCUT2D eigenvalue weighted by molar-refractivity contribution is 9.10. The molecule has 110 valence electrons. The first-order valence-corrected chi connectivity index (χ1v) is 8.32. The van der Waals surface area contributed by atoms with Gasteiger partial charge < -0.3 is 10.6 Å². The maximum Gasteiger partial charge on any atom is 0.251 e. The van der Waals surface area contributed by atoms with Gasteiger partial charge >= 0.3 is 0 Å². The Morgan fingerprint density at radius 2 is 1.70 bits per heavy atom. The Balaban J connectivity index is 1.65. The first-order valence-electron chi connectivity index (χ1n) is 7.53. The van der Waals surface area contributed by atoms with Crippen molar-refractivity contribution in [3.05, 3.63) is 34.3 Å². The molecule has 1 fully saturated rings.